The molecule has 1 aliphatic rings. The molecule has 2 amide bonds. The standard InChI is InChI=1S/C24H28N4O4/c1-4-27-18-9-6-5-8-17(18)26-23(27)19-10-7-13-28(19)24(30)16-11-12-20(21(14-16)31-3)32-15-22(29)25-2/h5-6,8-9,11-12,14,19H,4,7,10,13,15H2,1-3H3,(H,25,29)/t19-/m1/s1. The third-order valence-electron chi connectivity index (χ3n) is 5.86. The van der Waals surface area contributed by atoms with Crippen LogP contribution in [-0.4, -0.2) is 53.6 Å². The number of nitrogens with zero attached hydrogens (tertiary/aromatic N) is 3. The van der Waals surface area contributed by atoms with Crippen molar-refractivity contribution in [2.45, 2.75) is 32.4 Å². The lowest BCUT2D eigenvalue weighted by molar-refractivity contribution is -0.122. The third-order valence-corrected chi connectivity index (χ3v) is 5.86. The number of benzene rings is 2. The van der Waals surface area contributed by atoms with Gasteiger partial charge in [0, 0.05) is 25.7 Å². The zero-order chi connectivity index (χ0) is 22.7. The van der Waals surface area contributed by atoms with Crippen LogP contribution in [0.2, 0.25) is 0 Å². The molecule has 1 fully saturated rings. The first-order chi connectivity index (χ1) is 15.6. The van der Waals surface area contributed by atoms with Gasteiger partial charge in [0.1, 0.15) is 5.82 Å². The molecule has 2 aromatic carbocycles. The molecule has 4 rings (SSSR count). The van der Waals surface area contributed by atoms with Gasteiger partial charge in [-0.15, -0.1) is 0 Å². The largest absolute Gasteiger partial charge is 0.493 e. The van der Waals surface area contributed by atoms with Gasteiger partial charge in [-0.1, -0.05) is 12.1 Å². The number of likely N-dealkylation sites (tertiary alicyclic amines) is 1. The zero-order valence-corrected chi connectivity index (χ0v) is 18.6. The summed E-state index contributed by atoms with van der Waals surface area (Å²) in [5.41, 5.74) is 2.55. The molecule has 0 radical (unpaired) electrons. The lowest BCUT2D eigenvalue weighted by Crippen LogP contribution is -2.32. The highest BCUT2D eigenvalue weighted by Crippen LogP contribution is 2.36. The molecule has 0 spiro atoms. The lowest BCUT2D eigenvalue weighted by Gasteiger charge is -2.25. The first-order valence-electron chi connectivity index (χ1n) is 10.8. The molecule has 0 saturated carbocycles. The van der Waals surface area contributed by atoms with Gasteiger partial charge in [0.25, 0.3) is 11.8 Å². The van der Waals surface area contributed by atoms with Crippen molar-refractivity contribution in [1.29, 1.82) is 0 Å². The summed E-state index contributed by atoms with van der Waals surface area (Å²) in [6.07, 6.45) is 1.80. The number of methoxy groups -OCH3 is 1. The molecule has 168 valence electrons. The van der Waals surface area contributed by atoms with E-state index in [1.54, 1.807) is 25.2 Å². The number of para-hydroxylation sites is 2. The maximum Gasteiger partial charge on any atom is 0.257 e. The molecule has 0 bridgehead atoms. The molecule has 1 saturated heterocycles. The summed E-state index contributed by atoms with van der Waals surface area (Å²) < 4.78 is 13.1. The highest BCUT2D eigenvalue weighted by molar-refractivity contribution is 5.95. The minimum atomic E-state index is -0.245. The number of nitrogens with one attached hydrogen (secondary N) is 1. The summed E-state index contributed by atoms with van der Waals surface area (Å²) in [7, 11) is 3.06. The molecule has 1 aromatic heterocycles. The Kier molecular flexibility index (Phi) is 6.30. The van der Waals surface area contributed by atoms with E-state index >= 15 is 0 Å². The Morgan fingerprint density at radius 1 is 1.19 bits per heavy atom. The van der Waals surface area contributed by atoms with Crippen LogP contribution in [-0.2, 0) is 11.3 Å². The van der Waals surface area contributed by atoms with Crippen molar-refractivity contribution >= 4 is 22.8 Å². The quantitative estimate of drug-likeness (QED) is 0.615. The Labute approximate surface area is 187 Å². The number of likely N-dealkylation sites (N-methyl/N-ethyl adjacent to an activating group) is 1. The molecule has 1 atom stereocenters. The summed E-state index contributed by atoms with van der Waals surface area (Å²) in [4.78, 5) is 31.7. The molecule has 8 heteroatoms. The van der Waals surface area contributed by atoms with Gasteiger partial charge in [-0.25, -0.2) is 4.98 Å². The molecule has 2 heterocycles. The number of fused-ring (bicyclic) bond motifs is 1. The molecule has 32 heavy (non-hydrogen) atoms. The molecule has 8 nitrogen and oxygen atoms in total. The first kappa shape index (κ1) is 21.7. The molecule has 0 unspecified atom stereocenters. The molecule has 1 N–H and O–H groups in total. The third kappa shape index (κ3) is 4.00. The van der Waals surface area contributed by atoms with Crippen LogP contribution >= 0.6 is 0 Å². The Balaban J connectivity index is 1.61. The second-order valence-electron chi connectivity index (χ2n) is 7.69. The summed E-state index contributed by atoms with van der Waals surface area (Å²) in [6, 6.07) is 13.0. The average Bonchev–Trinajstić information content (AvgIpc) is 3.46. The number of hydrogen-bond acceptors (Lipinski definition) is 5. The minimum Gasteiger partial charge on any atom is -0.493 e. The van der Waals surface area contributed by atoms with E-state index in [0.717, 1.165) is 36.2 Å². The van der Waals surface area contributed by atoms with Gasteiger partial charge in [0.05, 0.1) is 24.2 Å². The molecular weight excluding hydrogens is 408 g/mol. The van der Waals surface area contributed by atoms with Crippen molar-refractivity contribution in [2.75, 3.05) is 27.3 Å². The van der Waals surface area contributed by atoms with Crippen molar-refractivity contribution in [3.63, 3.8) is 0 Å². The molecular formula is C24H28N4O4. The Hall–Kier alpha value is -3.55. The highest BCUT2D eigenvalue weighted by atomic mass is 16.5. The van der Waals surface area contributed by atoms with Crippen LogP contribution in [0.1, 0.15) is 42.0 Å². The smallest absolute Gasteiger partial charge is 0.257 e. The van der Waals surface area contributed by atoms with Crippen LogP contribution in [0, 0.1) is 0 Å². The van der Waals surface area contributed by atoms with Crippen molar-refractivity contribution in [3.05, 3.63) is 53.9 Å². The van der Waals surface area contributed by atoms with Crippen LogP contribution in [0.4, 0.5) is 0 Å². The van der Waals surface area contributed by atoms with E-state index in [0.29, 0.717) is 23.6 Å². The van der Waals surface area contributed by atoms with Crippen LogP contribution in [0.15, 0.2) is 42.5 Å². The number of amides is 2. The fraction of sp³-hybridized carbons (Fsp3) is 0.375. The number of rotatable bonds is 7. The van der Waals surface area contributed by atoms with Gasteiger partial charge in [-0.2, -0.15) is 0 Å². The molecule has 0 aliphatic carbocycles. The van der Waals surface area contributed by atoms with Gasteiger partial charge >= 0.3 is 0 Å². The minimum absolute atomic E-state index is 0.0710. The monoisotopic (exact) mass is 436 g/mol. The number of imidazole rings is 1. The normalized spacial score (nSPS) is 15.7. The predicted octanol–water partition coefficient (Wildman–Crippen LogP) is 3.17. The van der Waals surface area contributed by atoms with Crippen LogP contribution in [0.5, 0.6) is 11.5 Å². The summed E-state index contributed by atoms with van der Waals surface area (Å²) in [6.45, 7) is 3.44. The van der Waals surface area contributed by atoms with Gasteiger partial charge < -0.3 is 24.3 Å². The summed E-state index contributed by atoms with van der Waals surface area (Å²) >= 11 is 0. The molecule has 3 aromatic rings. The fourth-order valence-corrected chi connectivity index (χ4v) is 4.26. The van der Waals surface area contributed by atoms with Crippen molar-refractivity contribution < 1.29 is 19.1 Å². The van der Waals surface area contributed by atoms with E-state index in [4.69, 9.17) is 14.5 Å². The van der Waals surface area contributed by atoms with Gasteiger partial charge in [0.15, 0.2) is 18.1 Å². The second-order valence-corrected chi connectivity index (χ2v) is 7.69. The van der Waals surface area contributed by atoms with Crippen LogP contribution < -0.4 is 14.8 Å². The Bertz CT molecular complexity index is 1140. The number of hydrogen-bond donors (Lipinski definition) is 1. The van der Waals surface area contributed by atoms with E-state index in [9.17, 15) is 9.59 Å². The van der Waals surface area contributed by atoms with Gasteiger partial charge in [-0.3, -0.25) is 9.59 Å². The van der Waals surface area contributed by atoms with Crippen LogP contribution in [0.3, 0.4) is 0 Å². The second kappa shape index (κ2) is 9.30. The number of aryl methyl sites for hydroxylation is 1. The van der Waals surface area contributed by atoms with E-state index in [-0.39, 0.29) is 24.5 Å². The zero-order valence-electron chi connectivity index (χ0n) is 18.6. The van der Waals surface area contributed by atoms with Gasteiger partial charge in [0.2, 0.25) is 0 Å². The fourth-order valence-electron chi connectivity index (χ4n) is 4.26. The number of ether oxygens (including phenoxy) is 2. The number of carbonyl (C=O) groups is 2. The Morgan fingerprint density at radius 3 is 2.75 bits per heavy atom. The maximum atomic E-state index is 13.5. The SMILES string of the molecule is CCn1c([C@H]2CCCN2C(=O)c2ccc(OCC(=O)NC)c(OC)c2)nc2ccccc21. The van der Waals surface area contributed by atoms with E-state index in [2.05, 4.69) is 22.9 Å². The Morgan fingerprint density at radius 2 is 2.00 bits per heavy atom. The summed E-state index contributed by atoms with van der Waals surface area (Å²) in [5, 5.41) is 2.51. The average molecular weight is 437 g/mol. The van der Waals surface area contributed by atoms with Gasteiger partial charge in [-0.05, 0) is 50.1 Å². The predicted molar refractivity (Wildman–Crippen MR) is 121 cm³/mol. The number of carbonyl (C=O) groups excluding carboxylic acids is 2. The van der Waals surface area contributed by atoms with Crippen molar-refractivity contribution in [2.24, 2.45) is 0 Å². The van der Waals surface area contributed by atoms with E-state index < -0.39 is 0 Å². The topological polar surface area (TPSA) is 85.7 Å². The lowest BCUT2D eigenvalue weighted by atomic mass is 10.1. The summed E-state index contributed by atoms with van der Waals surface area (Å²) in [5.74, 6) is 1.44. The van der Waals surface area contributed by atoms with Crippen LogP contribution in [0.25, 0.3) is 11.0 Å². The maximum absolute atomic E-state index is 13.5. The van der Waals surface area contributed by atoms with Crippen molar-refractivity contribution in [1.82, 2.24) is 19.8 Å². The van der Waals surface area contributed by atoms with E-state index in [1.807, 2.05) is 23.1 Å². The molecule has 1 aliphatic heterocycles. The van der Waals surface area contributed by atoms with E-state index in [1.165, 1.54) is 7.11 Å². The first-order valence-corrected chi connectivity index (χ1v) is 10.8. The van der Waals surface area contributed by atoms with Crippen molar-refractivity contribution in [3.8, 4) is 11.5 Å². The highest BCUT2D eigenvalue weighted by Gasteiger charge is 2.34. The number of aromatic nitrogens is 2.